The molecular weight excluding hydrogens is 476 g/mol. The van der Waals surface area contributed by atoms with E-state index in [2.05, 4.69) is 6.07 Å². The van der Waals surface area contributed by atoms with Crippen molar-refractivity contribution in [1.82, 2.24) is 4.90 Å². The minimum Gasteiger partial charge on any atom is -0.489 e. The Morgan fingerprint density at radius 3 is 2.16 bits per heavy atom. The van der Waals surface area contributed by atoms with Crippen molar-refractivity contribution < 1.29 is 19.7 Å². The van der Waals surface area contributed by atoms with E-state index in [4.69, 9.17) is 9.47 Å². The summed E-state index contributed by atoms with van der Waals surface area (Å²) in [6, 6.07) is 36.4. The number of para-hydroxylation sites is 1. The predicted molar refractivity (Wildman–Crippen MR) is 147 cm³/mol. The Balaban J connectivity index is 1.40. The fourth-order valence-electron chi connectivity index (χ4n) is 4.17. The largest absolute Gasteiger partial charge is 0.489 e. The Hall–Kier alpha value is -4.15. The highest BCUT2D eigenvalue weighted by Crippen LogP contribution is 2.22. The van der Waals surface area contributed by atoms with Gasteiger partial charge in [-0.1, -0.05) is 84.9 Å². The normalized spacial score (nSPS) is 12.5. The Morgan fingerprint density at radius 2 is 1.42 bits per heavy atom. The first-order chi connectivity index (χ1) is 18.6. The summed E-state index contributed by atoms with van der Waals surface area (Å²) < 4.78 is 11.7. The maximum Gasteiger partial charge on any atom is 0.137 e. The third kappa shape index (κ3) is 8.19. The lowest BCUT2D eigenvalue weighted by Crippen LogP contribution is -2.37. The topological polar surface area (TPSA) is 86.0 Å². The average molecular weight is 509 g/mol. The van der Waals surface area contributed by atoms with E-state index in [0.717, 1.165) is 16.7 Å². The molecular formula is C32H32N2O4. The molecule has 0 aliphatic rings. The van der Waals surface area contributed by atoms with Gasteiger partial charge in [0, 0.05) is 19.6 Å². The van der Waals surface area contributed by atoms with Crippen molar-refractivity contribution in [2.75, 3.05) is 19.7 Å². The molecule has 194 valence electrons. The molecule has 0 saturated carbocycles. The molecule has 0 aromatic heterocycles. The van der Waals surface area contributed by atoms with Gasteiger partial charge < -0.3 is 19.7 Å². The van der Waals surface area contributed by atoms with Gasteiger partial charge in [0.1, 0.15) is 36.9 Å². The van der Waals surface area contributed by atoms with Gasteiger partial charge in [0.05, 0.1) is 11.7 Å². The molecule has 2 N–H and O–H groups in total. The van der Waals surface area contributed by atoms with Crippen molar-refractivity contribution in [1.29, 1.82) is 5.26 Å². The predicted octanol–water partition coefficient (Wildman–Crippen LogP) is 5.11. The van der Waals surface area contributed by atoms with Crippen LogP contribution in [0.15, 0.2) is 109 Å². The van der Waals surface area contributed by atoms with Crippen molar-refractivity contribution in [3.63, 3.8) is 0 Å². The van der Waals surface area contributed by atoms with Gasteiger partial charge in [-0.15, -0.1) is 0 Å². The van der Waals surface area contributed by atoms with Crippen LogP contribution in [0.1, 0.15) is 28.4 Å². The zero-order valence-electron chi connectivity index (χ0n) is 21.2. The van der Waals surface area contributed by atoms with Gasteiger partial charge >= 0.3 is 0 Å². The smallest absolute Gasteiger partial charge is 0.137 e. The fraction of sp³-hybridized carbons (Fsp3) is 0.219. The number of aliphatic hydroxyl groups is 2. The quantitative estimate of drug-likeness (QED) is 0.261. The molecule has 0 bridgehead atoms. The molecule has 6 nitrogen and oxygen atoms in total. The third-order valence-corrected chi connectivity index (χ3v) is 6.08. The molecule has 0 aliphatic carbocycles. The maximum atomic E-state index is 11.1. The zero-order chi connectivity index (χ0) is 26.6. The molecule has 2 atom stereocenters. The summed E-state index contributed by atoms with van der Waals surface area (Å²) in [5, 5.41) is 31.2. The van der Waals surface area contributed by atoms with Crippen molar-refractivity contribution in [3.8, 4) is 17.6 Å². The van der Waals surface area contributed by atoms with Gasteiger partial charge in [0.25, 0.3) is 0 Å². The summed E-state index contributed by atoms with van der Waals surface area (Å²) in [6.07, 6.45) is -1.61. The molecule has 0 saturated heterocycles. The van der Waals surface area contributed by atoms with Crippen LogP contribution in [0, 0.1) is 11.3 Å². The molecule has 0 fully saturated rings. The number of aliphatic hydroxyl groups excluding tert-OH is 2. The Bertz CT molecular complexity index is 1310. The Kier molecular flexibility index (Phi) is 9.89. The van der Waals surface area contributed by atoms with E-state index < -0.39 is 12.2 Å². The number of hydrogen-bond donors (Lipinski definition) is 2. The highest BCUT2D eigenvalue weighted by molar-refractivity contribution is 5.42. The molecule has 4 aromatic carbocycles. The van der Waals surface area contributed by atoms with Gasteiger partial charge in [0.2, 0.25) is 0 Å². The minimum absolute atomic E-state index is 0.0306. The Morgan fingerprint density at radius 1 is 0.737 bits per heavy atom. The first-order valence-electron chi connectivity index (χ1n) is 12.6. The molecule has 0 radical (unpaired) electrons. The summed E-state index contributed by atoms with van der Waals surface area (Å²) in [4.78, 5) is 2.00. The van der Waals surface area contributed by atoms with Crippen LogP contribution in [-0.4, -0.2) is 40.9 Å². The van der Waals surface area contributed by atoms with E-state index in [1.165, 1.54) is 0 Å². The molecule has 38 heavy (non-hydrogen) atoms. The van der Waals surface area contributed by atoms with Crippen molar-refractivity contribution in [2.24, 2.45) is 0 Å². The van der Waals surface area contributed by atoms with E-state index in [1.807, 2.05) is 89.8 Å². The molecule has 0 spiro atoms. The molecule has 6 heteroatoms. The van der Waals surface area contributed by atoms with E-state index in [9.17, 15) is 15.5 Å². The van der Waals surface area contributed by atoms with Gasteiger partial charge in [-0.25, -0.2) is 0 Å². The second-order valence-corrected chi connectivity index (χ2v) is 9.12. The van der Waals surface area contributed by atoms with Crippen LogP contribution in [0.5, 0.6) is 11.5 Å². The molecule has 0 aliphatic heterocycles. The van der Waals surface area contributed by atoms with E-state index in [0.29, 0.717) is 36.8 Å². The van der Waals surface area contributed by atoms with Gasteiger partial charge in [-0.05, 0) is 41.0 Å². The standard InChI is InChI=1S/C32H32N2O4/c33-19-28-14-7-8-17-32(28)38-24-29(35)21-34(20-25-10-3-1-4-11-25)22-31(36)27-15-9-16-30(18-27)37-23-26-12-5-2-6-13-26/h1-18,29,31,35-36H,20-24H2. The van der Waals surface area contributed by atoms with E-state index >= 15 is 0 Å². The summed E-state index contributed by atoms with van der Waals surface area (Å²) in [5.74, 6) is 1.13. The number of rotatable bonds is 13. The lowest BCUT2D eigenvalue weighted by molar-refractivity contribution is 0.0418. The van der Waals surface area contributed by atoms with Crippen LogP contribution in [-0.2, 0) is 13.2 Å². The lowest BCUT2D eigenvalue weighted by atomic mass is 10.1. The molecule has 2 unspecified atom stereocenters. The summed E-state index contributed by atoms with van der Waals surface area (Å²) in [5.41, 5.74) is 3.30. The molecule has 0 heterocycles. The summed E-state index contributed by atoms with van der Waals surface area (Å²) in [7, 11) is 0. The zero-order valence-corrected chi connectivity index (χ0v) is 21.2. The summed E-state index contributed by atoms with van der Waals surface area (Å²) in [6.45, 7) is 1.62. The first-order valence-corrected chi connectivity index (χ1v) is 12.6. The van der Waals surface area contributed by atoms with E-state index in [-0.39, 0.29) is 13.2 Å². The first kappa shape index (κ1) is 26.9. The van der Waals surface area contributed by atoms with Crippen molar-refractivity contribution >= 4 is 0 Å². The number of nitrogens with zero attached hydrogens (tertiary/aromatic N) is 2. The van der Waals surface area contributed by atoms with Crippen molar-refractivity contribution in [2.45, 2.75) is 25.4 Å². The van der Waals surface area contributed by atoms with Crippen LogP contribution in [0.3, 0.4) is 0 Å². The Labute approximate surface area is 223 Å². The monoisotopic (exact) mass is 508 g/mol. The average Bonchev–Trinajstić information content (AvgIpc) is 2.96. The second kappa shape index (κ2) is 14.0. The van der Waals surface area contributed by atoms with Crippen molar-refractivity contribution in [3.05, 3.63) is 131 Å². The van der Waals surface area contributed by atoms with Crippen LogP contribution in [0.25, 0.3) is 0 Å². The highest BCUT2D eigenvalue weighted by Gasteiger charge is 2.19. The van der Waals surface area contributed by atoms with Gasteiger partial charge in [-0.3, -0.25) is 4.90 Å². The van der Waals surface area contributed by atoms with Gasteiger partial charge in [-0.2, -0.15) is 5.26 Å². The third-order valence-electron chi connectivity index (χ3n) is 6.08. The SMILES string of the molecule is N#Cc1ccccc1OCC(O)CN(Cc1ccccc1)CC(O)c1cccc(OCc2ccccc2)c1. The van der Waals surface area contributed by atoms with Gasteiger partial charge in [0.15, 0.2) is 0 Å². The number of hydrogen-bond acceptors (Lipinski definition) is 6. The minimum atomic E-state index is -0.821. The molecule has 4 rings (SSSR count). The van der Waals surface area contributed by atoms with E-state index in [1.54, 1.807) is 24.3 Å². The highest BCUT2D eigenvalue weighted by atomic mass is 16.5. The van der Waals surface area contributed by atoms with Crippen LogP contribution in [0.4, 0.5) is 0 Å². The van der Waals surface area contributed by atoms with Crippen LogP contribution in [0.2, 0.25) is 0 Å². The lowest BCUT2D eigenvalue weighted by Gasteiger charge is -2.28. The maximum absolute atomic E-state index is 11.1. The summed E-state index contributed by atoms with van der Waals surface area (Å²) >= 11 is 0. The fourth-order valence-corrected chi connectivity index (χ4v) is 4.17. The second-order valence-electron chi connectivity index (χ2n) is 9.12. The molecule has 4 aromatic rings. The molecule has 0 amide bonds. The van der Waals surface area contributed by atoms with Crippen LogP contribution >= 0.6 is 0 Å². The number of ether oxygens (including phenoxy) is 2. The number of nitriles is 1. The van der Waals surface area contributed by atoms with Crippen LogP contribution < -0.4 is 9.47 Å². The number of benzene rings is 4.